The molecule has 8 heteroatoms. The SMILES string of the molecule is CCOCC(=O)Nc1cc(C)nn1-c1nc(C)c(CC)c(=O)[nH]1. The van der Waals surface area contributed by atoms with E-state index < -0.39 is 0 Å². The van der Waals surface area contributed by atoms with Gasteiger partial charge in [-0.1, -0.05) is 6.92 Å². The fourth-order valence-corrected chi connectivity index (χ4v) is 2.24. The lowest BCUT2D eigenvalue weighted by molar-refractivity contribution is -0.120. The van der Waals surface area contributed by atoms with Crippen LogP contribution in [0, 0.1) is 13.8 Å². The summed E-state index contributed by atoms with van der Waals surface area (Å²) in [6, 6.07) is 1.70. The van der Waals surface area contributed by atoms with Gasteiger partial charge in [-0.25, -0.2) is 4.98 Å². The summed E-state index contributed by atoms with van der Waals surface area (Å²) < 4.78 is 6.48. The summed E-state index contributed by atoms with van der Waals surface area (Å²) in [6.07, 6.45) is 0.602. The van der Waals surface area contributed by atoms with E-state index in [1.807, 2.05) is 13.8 Å². The summed E-state index contributed by atoms with van der Waals surface area (Å²) >= 11 is 0. The number of rotatable bonds is 6. The van der Waals surface area contributed by atoms with Gasteiger partial charge in [-0.3, -0.25) is 14.6 Å². The van der Waals surface area contributed by atoms with Gasteiger partial charge in [-0.2, -0.15) is 9.78 Å². The number of carbonyl (C=O) groups is 1. The average molecular weight is 319 g/mol. The second kappa shape index (κ2) is 7.19. The zero-order chi connectivity index (χ0) is 17.0. The van der Waals surface area contributed by atoms with Crippen molar-refractivity contribution < 1.29 is 9.53 Å². The topological polar surface area (TPSA) is 102 Å². The van der Waals surface area contributed by atoms with Gasteiger partial charge >= 0.3 is 0 Å². The fraction of sp³-hybridized carbons (Fsp3) is 0.467. The molecular weight excluding hydrogens is 298 g/mol. The van der Waals surface area contributed by atoms with Crippen molar-refractivity contribution in [3.63, 3.8) is 0 Å². The minimum absolute atomic E-state index is 0.0432. The summed E-state index contributed by atoms with van der Waals surface area (Å²) in [5.74, 6) is 0.403. The second-order valence-electron chi connectivity index (χ2n) is 5.08. The molecule has 0 aliphatic heterocycles. The molecule has 0 aliphatic carbocycles. The maximum atomic E-state index is 12.1. The highest BCUT2D eigenvalue weighted by atomic mass is 16.5. The number of H-pyrrole nitrogens is 1. The van der Waals surface area contributed by atoms with Crippen LogP contribution in [0.25, 0.3) is 5.95 Å². The van der Waals surface area contributed by atoms with E-state index in [2.05, 4.69) is 20.4 Å². The van der Waals surface area contributed by atoms with Crippen LogP contribution in [-0.4, -0.2) is 38.9 Å². The highest BCUT2D eigenvalue weighted by Gasteiger charge is 2.14. The Balaban J connectivity index is 2.37. The lowest BCUT2D eigenvalue weighted by Gasteiger charge is -2.09. The molecule has 0 unspecified atom stereocenters. The number of aromatic amines is 1. The molecule has 23 heavy (non-hydrogen) atoms. The van der Waals surface area contributed by atoms with Gasteiger partial charge in [-0.15, -0.1) is 0 Å². The number of hydrogen-bond acceptors (Lipinski definition) is 5. The highest BCUT2D eigenvalue weighted by Crippen LogP contribution is 2.14. The van der Waals surface area contributed by atoms with E-state index in [1.165, 1.54) is 4.68 Å². The van der Waals surface area contributed by atoms with Crippen LogP contribution >= 0.6 is 0 Å². The summed E-state index contributed by atoms with van der Waals surface area (Å²) in [6.45, 7) is 7.70. The van der Waals surface area contributed by atoms with Gasteiger partial charge in [0.25, 0.3) is 11.5 Å². The van der Waals surface area contributed by atoms with Crippen LogP contribution < -0.4 is 10.9 Å². The van der Waals surface area contributed by atoms with Crippen molar-refractivity contribution in [2.45, 2.75) is 34.1 Å². The molecule has 0 aliphatic rings. The Labute approximate surface area is 133 Å². The average Bonchev–Trinajstić information content (AvgIpc) is 2.85. The molecule has 2 heterocycles. The number of nitrogens with zero attached hydrogens (tertiary/aromatic N) is 3. The molecule has 8 nitrogen and oxygen atoms in total. The molecule has 2 aromatic rings. The standard InChI is InChI=1S/C15H21N5O3/c1-5-11-10(4)16-15(18-14(11)22)20-12(7-9(3)19-20)17-13(21)8-23-6-2/h7H,5-6,8H2,1-4H3,(H,17,21)(H,16,18,22). The Hall–Kier alpha value is -2.48. The normalized spacial score (nSPS) is 10.8. The molecule has 0 saturated carbocycles. The first-order chi connectivity index (χ1) is 11.0. The lowest BCUT2D eigenvalue weighted by Crippen LogP contribution is -2.23. The van der Waals surface area contributed by atoms with E-state index in [4.69, 9.17) is 4.74 Å². The van der Waals surface area contributed by atoms with Crippen molar-refractivity contribution in [2.24, 2.45) is 0 Å². The molecule has 0 saturated heterocycles. The van der Waals surface area contributed by atoms with Crippen LogP contribution in [0.3, 0.4) is 0 Å². The molecule has 0 radical (unpaired) electrons. The van der Waals surface area contributed by atoms with E-state index in [1.54, 1.807) is 19.9 Å². The molecule has 2 aromatic heterocycles. The first-order valence-corrected chi connectivity index (χ1v) is 7.50. The lowest BCUT2D eigenvalue weighted by atomic mass is 10.2. The van der Waals surface area contributed by atoms with E-state index in [-0.39, 0.29) is 24.0 Å². The summed E-state index contributed by atoms with van der Waals surface area (Å²) in [4.78, 5) is 31.0. The molecule has 1 amide bonds. The van der Waals surface area contributed by atoms with Crippen molar-refractivity contribution >= 4 is 11.7 Å². The van der Waals surface area contributed by atoms with Crippen LogP contribution in [0.2, 0.25) is 0 Å². The molecule has 2 rings (SSSR count). The maximum absolute atomic E-state index is 12.1. The van der Waals surface area contributed by atoms with E-state index in [0.29, 0.717) is 35.8 Å². The van der Waals surface area contributed by atoms with Crippen molar-refractivity contribution in [1.82, 2.24) is 19.7 Å². The van der Waals surface area contributed by atoms with Gasteiger partial charge in [0, 0.05) is 23.9 Å². The van der Waals surface area contributed by atoms with E-state index >= 15 is 0 Å². The Morgan fingerprint density at radius 1 is 1.39 bits per heavy atom. The smallest absolute Gasteiger partial charge is 0.255 e. The number of amides is 1. The van der Waals surface area contributed by atoms with E-state index in [0.717, 1.165) is 0 Å². The predicted octanol–water partition coefficient (Wildman–Crippen LogP) is 1.11. The molecular formula is C15H21N5O3. The first kappa shape index (κ1) is 16.9. The van der Waals surface area contributed by atoms with E-state index in [9.17, 15) is 9.59 Å². The van der Waals surface area contributed by atoms with Crippen molar-refractivity contribution in [1.29, 1.82) is 0 Å². The van der Waals surface area contributed by atoms with Crippen molar-refractivity contribution in [2.75, 3.05) is 18.5 Å². The van der Waals surface area contributed by atoms with Crippen LogP contribution in [0.1, 0.15) is 30.8 Å². The maximum Gasteiger partial charge on any atom is 0.255 e. The second-order valence-corrected chi connectivity index (χ2v) is 5.08. The molecule has 0 fully saturated rings. The first-order valence-electron chi connectivity index (χ1n) is 7.50. The number of hydrogen-bond donors (Lipinski definition) is 2. The molecule has 0 atom stereocenters. The quantitative estimate of drug-likeness (QED) is 0.830. The minimum atomic E-state index is -0.294. The number of anilines is 1. The molecule has 124 valence electrons. The van der Waals surface area contributed by atoms with Crippen LogP contribution in [0.15, 0.2) is 10.9 Å². The Morgan fingerprint density at radius 3 is 2.74 bits per heavy atom. The monoisotopic (exact) mass is 319 g/mol. The zero-order valence-electron chi connectivity index (χ0n) is 13.8. The summed E-state index contributed by atoms with van der Waals surface area (Å²) in [5.41, 5.74) is 1.77. The van der Waals surface area contributed by atoms with Gasteiger partial charge in [0.05, 0.1) is 5.69 Å². The van der Waals surface area contributed by atoms with Crippen LogP contribution in [-0.2, 0) is 16.0 Å². The zero-order valence-corrected chi connectivity index (χ0v) is 13.8. The fourth-order valence-electron chi connectivity index (χ4n) is 2.24. The van der Waals surface area contributed by atoms with Gasteiger partial charge in [-0.05, 0) is 27.2 Å². The largest absolute Gasteiger partial charge is 0.372 e. The van der Waals surface area contributed by atoms with Gasteiger partial charge in [0.2, 0.25) is 5.95 Å². The highest BCUT2D eigenvalue weighted by molar-refractivity contribution is 5.91. The van der Waals surface area contributed by atoms with Gasteiger partial charge < -0.3 is 10.1 Å². The number of carbonyl (C=O) groups excluding carboxylic acids is 1. The van der Waals surface area contributed by atoms with Crippen LogP contribution in [0.5, 0.6) is 0 Å². The van der Waals surface area contributed by atoms with Crippen LogP contribution in [0.4, 0.5) is 5.82 Å². The van der Waals surface area contributed by atoms with Gasteiger partial charge in [0.1, 0.15) is 12.4 Å². The number of aromatic nitrogens is 4. The molecule has 0 spiro atoms. The number of nitrogens with one attached hydrogen (secondary N) is 2. The third-order valence-electron chi connectivity index (χ3n) is 3.30. The Kier molecular flexibility index (Phi) is 5.28. The van der Waals surface area contributed by atoms with Crippen molar-refractivity contribution in [3.05, 3.63) is 33.4 Å². The minimum Gasteiger partial charge on any atom is -0.372 e. The number of aryl methyl sites for hydroxylation is 2. The number of ether oxygens (including phenoxy) is 1. The molecule has 2 N–H and O–H groups in total. The Bertz CT molecular complexity index is 763. The summed E-state index contributed by atoms with van der Waals surface area (Å²) in [5, 5.41) is 6.99. The third kappa shape index (κ3) is 3.84. The predicted molar refractivity (Wildman–Crippen MR) is 86.0 cm³/mol. The third-order valence-corrected chi connectivity index (χ3v) is 3.30. The van der Waals surface area contributed by atoms with Gasteiger partial charge in [0.15, 0.2) is 0 Å². The molecule has 0 aromatic carbocycles. The molecule has 0 bridgehead atoms. The van der Waals surface area contributed by atoms with Crippen molar-refractivity contribution in [3.8, 4) is 5.95 Å². The summed E-state index contributed by atoms with van der Waals surface area (Å²) in [7, 11) is 0. The Morgan fingerprint density at radius 2 is 2.13 bits per heavy atom.